The van der Waals surface area contributed by atoms with Gasteiger partial charge < -0.3 is 19.0 Å². The van der Waals surface area contributed by atoms with Crippen LogP contribution in [0.25, 0.3) is 21.9 Å². The van der Waals surface area contributed by atoms with E-state index in [2.05, 4.69) is 0 Å². The lowest BCUT2D eigenvalue weighted by Crippen LogP contribution is -2.24. The van der Waals surface area contributed by atoms with Crippen LogP contribution in [-0.2, 0) is 4.79 Å². The van der Waals surface area contributed by atoms with E-state index in [1.54, 1.807) is 0 Å². The molecule has 4 rings (SSSR count). The quantitative estimate of drug-likeness (QED) is 0.449. The van der Waals surface area contributed by atoms with Crippen LogP contribution in [0.2, 0.25) is 10.0 Å². The van der Waals surface area contributed by atoms with Crippen LogP contribution in [-0.4, -0.2) is 16.0 Å². The fourth-order valence-corrected chi connectivity index (χ4v) is 3.75. The molecular weight excluding hydrogens is 435 g/mol. The van der Waals surface area contributed by atoms with Crippen LogP contribution in [0.15, 0.2) is 54.8 Å². The van der Waals surface area contributed by atoms with Crippen molar-refractivity contribution >= 4 is 50.9 Å². The number of halogens is 2. The van der Waals surface area contributed by atoms with Gasteiger partial charge in [-0.25, -0.2) is 9.59 Å². The molecule has 0 radical (unpaired) electrons. The van der Waals surface area contributed by atoms with Crippen LogP contribution in [0.3, 0.4) is 0 Å². The number of rotatable bonds is 3. The molecule has 0 aliphatic heterocycles. The predicted molar refractivity (Wildman–Crippen MR) is 111 cm³/mol. The second-order valence-corrected chi connectivity index (χ2v) is 7.50. The summed E-state index contributed by atoms with van der Waals surface area (Å²) in [6.07, 6.45) is 0. The normalized spacial score (nSPS) is 11.5. The molecule has 2 aromatic carbocycles. The van der Waals surface area contributed by atoms with Gasteiger partial charge >= 0.3 is 11.3 Å². The fourth-order valence-electron chi connectivity index (χ4n) is 3.41. The van der Waals surface area contributed by atoms with E-state index in [-0.39, 0.29) is 32.0 Å². The van der Waals surface area contributed by atoms with Gasteiger partial charge in [0, 0.05) is 10.0 Å². The number of aromatic hydroxyl groups is 2. The van der Waals surface area contributed by atoms with Crippen LogP contribution in [0.1, 0.15) is 24.0 Å². The van der Waals surface area contributed by atoms with Crippen LogP contribution in [0.5, 0.6) is 11.5 Å². The average molecular weight is 447 g/mol. The van der Waals surface area contributed by atoms with Gasteiger partial charge in [0.2, 0.25) is 0 Å². The number of hydrogen-bond donors (Lipinski definition) is 2. The van der Waals surface area contributed by atoms with E-state index >= 15 is 0 Å². The summed E-state index contributed by atoms with van der Waals surface area (Å²) in [5.74, 6) is -3.53. The van der Waals surface area contributed by atoms with Gasteiger partial charge in [-0.2, -0.15) is 0 Å². The molecule has 152 valence electrons. The summed E-state index contributed by atoms with van der Waals surface area (Å²) in [4.78, 5) is 37.8. The minimum absolute atomic E-state index is 0.0366. The highest BCUT2D eigenvalue weighted by Crippen LogP contribution is 2.39. The van der Waals surface area contributed by atoms with Gasteiger partial charge in [-0.3, -0.25) is 4.79 Å². The molecule has 9 heteroatoms. The Kier molecular flexibility index (Phi) is 4.80. The summed E-state index contributed by atoms with van der Waals surface area (Å²) in [6.45, 7) is 1.10. The van der Waals surface area contributed by atoms with Gasteiger partial charge in [0.05, 0.1) is 27.8 Å². The first-order valence-electron chi connectivity index (χ1n) is 8.60. The van der Waals surface area contributed by atoms with E-state index in [0.29, 0.717) is 0 Å². The Balaban J connectivity index is 2.10. The molecule has 0 unspecified atom stereocenters. The molecule has 0 bridgehead atoms. The van der Waals surface area contributed by atoms with Crippen molar-refractivity contribution in [2.75, 3.05) is 0 Å². The highest BCUT2D eigenvalue weighted by Gasteiger charge is 2.34. The maximum absolute atomic E-state index is 12.7. The smallest absolute Gasteiger partial charge is 0.344 e. The molecule has 0 aliphatic rings. The second kappa shape index (κ2) is 7.19. The SMILES string of the molecule is CC(=O)C(c1c(O)c2cc(Cl)ccc2oc1=O)c1c(O)c2cc(Cl)ccc2oc1=O. The van der Waals surface area contributed by atoms with E-state index in [1.807, 2.05) is 0 Å². The maximum atomic E-state index is 12.7. The van der Waals surface area contributed by atoms with Gasteiger partial charge in [-0.05, 0) is 43.3 Å². The van der Waals surface area contributed by atoms with Crippen molar-refractivity contribution in [2.45, 2.75) is 12.8 Å². The van der Waals surface area contributed by atoms with Crippen LogP contribution in [0.4, 0.5) is 0 Å². The third kappa shape index (κ3) is 3.12. The molecule has 0 aliphatic carbocycles. The van der Waals surface area contributed by atoms with Crippen molar-refractivity contribution in [3.8, 4) is 11.5 Å². The Morgan fingerprint density at radius 3 is 1.60 bits per heavy atom. The number of ketones is 1. The summed E-state index contributed by atoms with van der Waals surface area (Å²) in [6, 6.07) is 8.38. The number of carbonyl (C=O) groups excluding carboxylic acids is 1. The van der Waals surface area contributed by atoms with Crippen LogP contribution in [0, 0.1) is 0 Å². The first kappa shape index (κ1) is 20.0. The van der Waals surface area contributed by atoms with E-state index < -0.39 is 45.6 Å². The monoisotopic (exact) mass is 446 g/mol. The number of hydrogen-bond acceptors (Lipinski definition) is 7. The highest BCUT2D eigenvalue weighted by molar-refractivity contribution is 6.31. The Bertz CT molecular complexity index is 1360. The lowest BCUT2D eigenvalue weighted by Gasteiger charge is -2.16. The number of Topliss-reactive ketones (excluding diaryl/α,β-unsaturated/α-hetero) is 1. The minimum Gasteiger partial charge on any atom is -0.507 e. The average Bonchev–Trinajstić information content (AvgIpc) is 2.68. The summed E-state index contributed by atoms with van der Waals surface area (Å²) >= 11 is 11.9. The summed E-state index contributed by atoms with van der Waals surface area (Å²) < 4.78 is 10.4. The minimum atomic E-state index is -1.65. The van der Waals surface area contributed by atoms with E-state index in [9.17, 15) is 24.6 Å². The lowest BCUT2D eigenvalue weighted by molar-refractivity contribution is -0.117. The summed E-state index contributed by atoms with van der Waals surface area (Å²) in [5, 5.41) is 22.2. The van der Waals surface area contributed by atoms with Gasteiger partial charge in [0.25, 0.3) is 0 Å². The van der Waals surface area contributed by atoms with Crippen molar-refractivity contribution in [3.05, 3.63) is 78.4 Å². The van der Waals surface area contributed by atoms with E-state index in [1.165, 1.54) is 36.4 Å². The van der Waals surface area contributed by atoms with Gasteiger partial charge in [-0.1, -0.05) is 23.2 Å². The Morgan fingerprint density at radius 1 is 0.833 bits per heavy atom. The maximum Gasteiger partial charge on any atom is 0.344 e. The summed E-state index contributed by atoms with van der Waals surface area (Å²) in [7, 11) is 0. The molecule has 0 atom stereocenters. The van der Waals surface area contributed by atoms with Crippen molar-refractivity contribution < 1.29 is 23.8 Å². The lowest BCUT2D eigenvalue weighted by atomic mass is 9.87. The zero-order valence-electron chi connectivity index (χ0n) is 15.2. The van der Waals surface area contributed by atoms with E-state index in [0.717, 1.165) is 6.92 Å². The highest BCUT2D eigenvalue weighted by atomic mass is 35.5. The molecule has 2 N–H and O–H groups in total. The number of carbonyl (C=O) groups is 1. The van der Waals surface area contributed by atoms with Crippen molar-refractivity contribution in [1.82, 2.24) is 0 Å². The molecular formula is C21H12Cl2O7. The van der Waals surface area contributed by atoms with Crippen molar-refractivity contribution in [3.63, 3.8) is 0 Å². The topological polar surface area (TPSA) is 118 Å². The molecule has 0 saturated carbocycles. The first-order valence-corrected chi connectivity index (χ1v) is 9.35. The molecule has 7 nitrogen and oxygen atoms in total. The largest absolute Gasteiger partial charge is 0.507 e. The van der Waals surface area contributed by atoms with Crippen LogP contribution < -0.4 is 11.3 Å². The first-order chi connectivity index (χ1) is 14.2. The Labute approximate surface area is 177 Å². The third-order valence-electron chi connectivity index (χ3n) is 4.73. The fraction of sp³-hybridized carbons (Fsp3) is 0.0952. The number of fused-ring (bicyclic) bond motifs is 2. The molecule has 30 heavy (non-hydrogen) atoms. The molecule has 0 spiro atoms. The zero-order chi connectivity index (χ0) is 21.7. The molecule has 0 amide bonds. The molecule has 0 saturated heterocycles. The predicted octanol–water partition coefficient (Wildman–Crippen LogP) is 4.34. The Morgan fingerprint density at radius 2 is 1.23 bits per heavy atom. The van der Waals surface area contributed by atoms with Gasteiger partial charge in [0.1, 0.15) is 28.4 Å². The van der Waals surface area contributed by atoms with Gasteiger partial charge in [-0.15, -0.1) is 0 Å². The van der Waals surface area contributed by atoms with Gasteiger partial charge in [0.15, 0.2) is 0 Å². The third-order valence-corrected chi connectivity index (χ3v) is 5.20. The molecule has 4 aromatic rings. The second-order valence-electron chi connectivity index (χ2n) is 6.63. The van der Waals surface area contributed by atoms with E-state index in [4.69, 9.17) is 32.0 Å². The number of benzene rings is 2. The standard InChI is InChI=1S/C21H12Cl2O7/c1-8(24)15(16-18(25)11-6-9(22)2-4-13(11)29-20(16)27)17-19(26)12-7-10(23)3-5-14(12)30-21(17)28/h2-7,15,25-26H,1H3. The Hall–Kier alpha value is -3.29. The van der Waals surface area contributed by atoms with Crippen molar-refractivity contribution in [1.29, 1.82) is 0 Å². The molecule has 0 fully saturated rings. The van der Waals surface area contributed by atoms with Crippen molar-refractivity contribution in [2.24, 2.45) is 0 Å². The molecule has 2 aromatic heterocycles. The zero-order valence-corrected chi connectivity index (χ0v) is 16.7. The van der Waals surface area contributed by atoms with Crippen LogP contribution >= 0.6 is 23.2 Å². The molecule has 2 heterocycles. The summed E-state index contributed by atoms with van der Waals surface area (Å²) in [5.41, 5.74) is -3.05.